The number of hydrogen-bond acceptors (Lipinski definition) is 3. The van der Waals surface area contributed by atoms with Crippen molar-refractivity contribution >= 4 is 15.5 Å². The summed E-state index contributed by atoms with van der Waals surface area (Å²) in [4.78, 5) is 4.95. The smallest absolute Gasteiger partial charge is 0.175 e. The van der Waals surface area contributed by atoms with Crippen molar-refractivity contribution in [2.75, 3.05) is 6.26 Å². The van der Waals surface area contributed by atoms with E-state index in [-0.39, 0.29) is 10.7 Å². The summed E-state index contributed by atoms with van der Waals surface area (Å²) in [7, 11) is -3.26. The fourth-order valence-electron chi connectivity index (χ4n) is 2.94. The Hall–Kier alpha value is -2.99. The van der Waals surface area contributed by atoms with Gasteiger partial charge in [-0.2, -0.15) is 0 Å². The van der Waals surface area contributed by atoms with E-state index >= 15 is 0 Å². The van der Waals surface area contributed by atoms with E-state index < -0.39 is 9.84 Å². The van der Waals surface area contributed by atoms with Crippen molar-refractivity contribution in [3.05, 3.63) is 78.7 Å². The first-order valence-electron chi connectivity index (χ1n) is 7.97. The van der Waals surface area contributed by atoms with Gasteiger partial charge in [-0.25, -0.2) is 17.8 Å². The molecule has 0 N–H and O–H groups in total. The molecule has 0 saturated heterocycles. The fourth-order valence-corrected chi connectivity index (χ4v) is 3.57. The Bertz CT molecular complexity index is 1200. The summed E-state index contributed by atoms with van der Waals surface area (Å²) in [6.07, 6.45) is 3.08. The maximum atomic E-state index is 13.3. The third kappa shape index (κ3) is 2.88. The molecule has 0 amide bonds. The first kappa shape index (κ1) is 16.5. The quantitative estimate of drug-likeness (QED) is 0.546. The second kappa shape index (κ2) is 6.07. The minimum atomic E-state index is -3.26. The highest BCUT2D eigenvalue weighted by Crippen LogP contribution is 2.33. The van der Waals surface area contributed by atoms with E-state index in [1.54, 1.807) is 36.4 Å². The lowest BCUT2D eigenvalue weighted by atomic mass is 10.0. The van der Waals surface area contributed by atoms with Crippen LogP contribution in [0.5, 0.6) is 0 Å². The summed E-state index contributed by atoms with van der Waals surface area (Å²) in [5, 5.41) is 0. The van der Waals surface area contributed by atoms with Crippen molar-refractivity contribution in [1.82, 2.24) is 9.38 Å². The minimum absolute atomic E-state index is 0.258. The number of imidazole rings is 1. The lowest BCUT2D eigenvalue weighted by Gasteiger charge is -2.06. The molecule has 0 aliphatic rings. The van der Waals surface area contributed by atoms with Gasteiger partial charge in [-0.3, -0.25) is 4.40 Å². The SMILES string of the molecule is CS(=O)(=O)c1ccc(-c2nc3ccccn3c2-c2ccc(F)cc2)cc1. The maximum Gasteiger partial charge on any atom is 0.175 e. The molecule has 2 aromatic carbocycles. The van der Waals surface area contributed by atoms with Gasteiger partial charge in [-0.15, -0.1) is 0 Å². The van der Waals surface area contributed by atoms with Crippen LogP contribution in [0.25, 0.3) is 28.2 Å². The predicted octanol–water partition coefficient (Wildman–Crippen LogP) is 4.21. The van der Waals surface area contributed by atoms with Gasteiger partial charge in [0.25, 0.3) is 0 Å². The number of nitrogens with zero attached hydrogens (tertiary/aromatic N) is 2. The Kier molecular flexibility index (Phi) is 3.85. The molecule has 0 fully saturated rings. The number of hydrogen-bond donors (Lipinski definition) is 0. The highest BCUT2D eigenvalue weighted by atomic mass is 32.2. The third-order valence-electron chi connectivity index (χ3n) is 4.20. The predicted molar refractivity (Wildman–Crippen MR) is 99.1 cm³/mol. The molecule has 0 atom stereocenters. The van der Waals surface area contributed by atoms with Gasteiger partial charge in [0.1, 0.15) is 11.5 Å². The second-order valence-electron chi connectivity index (χ2n) is 6.04. The maximum absolute atomic E-state index is 13.3. The van der Waals surface area contributed by atoms with Crippen LogP contribution >= 0.6 is 0 Å². The third-order valence-corrected chi connectivity index (χ3v) is 5.33. The van der Waals surface area contributed by atoms with Crippen LogP contribution < -0.4 is 0 Å². The van der Waals surface area contributed by atoms with E-state index in [9.17, 15) is 12.8 Å². The largest absolute Gasteiger partial charge is 0.299 e. The van der Waals surface area contributed by atoms with E-state index in [1.165, 1.54) is 18.4 Å². The zero-order chi connectivity index (χ0) is 18.3. The molecule has 0 unspecified atom stereocenters. The zero-order valence-corrected chi connectivity index (χ0v) is 14.7. The Morgan fingerprint density at radius 3 is 2.19 bits per heavy atom. The minimum Gasteiger partial charge on any atom is -0.299 e. The summed E-state index contributed by atoms with van der Waals surface area (Å²) in [5.41, 5.74) is 3.91. The molecule has 2 heterocycles. The molecule has 4 nitrogen and oxygen atoms in total. The van der Waals surface area contributed by atoms with Gasteiger partial charge < -0.3 is 0 Å². The van der Waals surface area contributed by atoms with Crippen molar-refractivity contribution in [3.8, 4) is 22.5 Å². The lowest BCUT2D eigenvalue weighted by molar-refractivity contribution is 0.602. The number of halogens is 1. The molecule has 0 aliphatic carbocycles. The summed E-state index contributed by atoms with van der Waals surface area (Å²) in [5.74, 6) is -0.304. The van der Waals surface area contributed by atoms with E-state index in [1.807, 2.05) is 28.8 Å². The molecule has 4 aromatic rings. The van der Waals surface area contributed by atoms with Crippen LogP contribution in [-0.4, -0.2) is 24.1 Å². The van der Waals surface area contributed by atoms with Crippen LogP contribution in [0.3, 0.4) is 0 Å². The molecule has 26 heavy (non-hydrogen) atoms. The average Bonchev–Trinajstić information content (AvgIpc) is 3.01. The second-order valence-corrected chi connectivity index (χ2v) is 8.06. The van der Waals surface area contributed by atoms with Crippen molar-refractivity contribution < 1.29 is 12.8 Å². The lowest BCUT2D eigenvalue weighted by Crippen LogP contribution is -1.96. The van der Waals surface area contributed by atoms with Crippen LogP contribution in [0.2, 0.25) is 0 Å². The van der Waals surface area contributed by atoms with Crippen LogP contribution in [-0.2, 0) is 9.84 Å². The van der Waals surface area contributed by atoms with Gasteiger partial charge in [0.15, 0.2) is 9.84 Å². The zero-order valence-electron chi connectivity index (χ0n) is 13.9. The van der Waals surface area contributed by atoms with Crippen molar-refractivity contribution in [3.63, 3.8) is 0 Å². The Morgan fingerprint density at radius 1 is 0.885 bits per heavy atom. The first-order chi connectivity index (χ1) is 12.4. The molecule has 4 rings (SSSR count). The van der Waals surface area contributed by atoms with Crippen molar-refractivity contribution in [2.24, 2.45) is 0 Å². The fraction of sp³-hybridized carbons (Fsp3) is 0.0500. The van der Waals surface area contributed by atoms with Gasteiger partial charge in [0.2, 0.25) is 0 Å². The molecule has 6 heteroatoms. The molecule has 0 spiro atoms. The number of rotatable bonds is 3. The summed E-state index contributed by atoms with van der Waals surface area (Å²) < 4.78 is 38.7. The molecular formula is C20H15FN2O2S. The van der Waals surface area contributed by atoms with Crippen molar-refractivity contribution in [1.29, 1.82) is 0 Å². The average molecular weight is 366 g/mol. The van der Waals surface area contributed by atoms with Crippen LogP contribution in [0, 0.1) is 5.82 Å². The van der Waals surface area contributed by atoms with E-state index in [2.05, 4.69) is 0 Å². The Balaban J connectivity index is 1.95. The number of benzene rings is 2. The van der Waals surface area contributed by atoms with Gasteiger partial charge in [0.05, 0.1) is 16.3 Å². The molecule has 2 aromatic heterocycles. The van der Waals surface area contributed by atoms with Gasteiger partial charge in [-0.05, 0) is 48.5 Å². The molecule has 0 bridgehead atoms. The molecule has 0 radical (unpaired) electrons. The number of fused-ring (bicyclic) bond motifs is 1. The molecule has 130 valence electrons. The van der Waals surface area contributed by atoms with E-state index in [0.717, 1.165) is 22.5 Å². The first-order valence-corrected chi connectivity index (χ1v) is 9.86. The summed E-state index contributed by atoms with van der Waals surface area (Å²) >= 11 is 0. The molecular weight excluding hydrogens is 351 g/mol. The topological polar surface area (TPSA) is 51.4 Å². The van der Waals surface area contributed by atoms with Crippen LogP contribution in [0.4, 0.5) is 4.39 Å². The van der Waals surface area contributed by atoms with E-state index in [4.69, 9.17) is 4.98 Å². The standard InChI is InChI=1S/C20H15FN2O2S/c1-26(24,25)17-11-7-14(8-12-17)19-20(15-5-9-16(21)10-6-15)23-13-3-2-4-18(23)22-19/h2-13H,1H3. The van der Waals surface area contributed by atoms with Crippen molar-refractivity contribution in [2.45, 2.75) is 4.90 Å². The van der Waals surface area contributed by atoms with Crippen LogP contribution in [0.15, 0.2) is 77.8 Å². The van der Waals surface area contributed by atoms with Gasteiger partial charge >= 0.3 is 0 Å². The number of pyridine rings is 1. The van der Waals surface area contributed by atoms with Crippen LogP contribution in [0.1, 0.15) is 0 Å². The highest BCUT2D eigenvalue weighted by Gasteiger charge is 2.16. The molecule has 0 aliphatic heterocycles. The number of sulfone groups is 1. The van der Waals surface area contributed by atoms with Gasteiger partial charge in [0, 0.05) is 23.6 Å². The van der Waals surface area contributed by atoms with E-state index in [0.29, 0.717) is 5.69 Å². The monoisotopic (exact) mass is 366 g/mol. The number of aromatic nitrogens is 2. The Labute approximate surface area is 150 Å². The highest BCUT2D eigenvalue weighted by molar-refractivity contribution is 7.90. The molecule has 0 saturated carbocycles. The van der Waals surface area contributed by atoms with Gasteiger partial charge in [-0.1, -0.05) is 18.2 Å². The summed E-state index contributed by atoms with van der Waals surface area (Å²) in [6.45, 7) is 0. The summed E-state index contributed by atoms with van der Waals surface area (Å²) in [6, 6.07) is 18.6. The normalized spacial score (nSPS) is 11.8. The Morgan fingerprint density at radius 2 is 1.54 bits per heavy atom.